The molecule has 0 aliphatic carbocycles. The topological polar surface area (TPSA) is 52.6 Å². The van der Waals surface area contributed by atoms with E-state index in [9.17, 15) is 9.59 Å². The van der Waals surface area contributed by atoms with Crippen LogP contribution in [0.15, 0.2) is 0 Å². The van der Waals surface area contributed by atoms with Crippen LogP contribution in [0.5, 0.6) is 0 Å². The van der Waals surface area contributed by atoms with Crippen LogP contribution in [0, 0.1) is 5.92 Å². The van der Waals surface area contributed by atoms with E-state index in [1.165, 1.54) is 7.11 Å². The Morgan fingerprint density at radius 3 is 2.47 bits per heavy atom. The van der Waals surface area contributed by atoms with Gasteiger partial charge in [0.2, 0.25) is 0 Å². The van der Waals surface area contributed by atoms with Crippen LogP contribution < -0.4 is 0 Å². The Labute approximate surface area is 94.9 Å². The zero-order valence-corrected chi connectivity index (χ0v) is 9.88. The van der Waals surface area contributed by atoms with E-state index < -0.39 is 5.97 Å². The van der Waals surface area contributed by atoms with Crippen molar-refractivity contribution in [1.29, 1.82) is 0 Å². The van der Waals surface area contributed by atoms with Crippen molar-refractivity contribution < 1.29 is 19.1 Å². The Hall–Kier alpha value is -0.770. The Bertz CT molecular complexity index is 206. The summed E-state index contributed by atoms with van der Waals surface area (Å²) in [7, 11) is 1.34. The van der Waals surface area contributed by atoms with Crippen LogP contribution >= 0.6 is 11.6 Å². The first-order valence-corrected chi connectivity index (χ1v) is 5.45. The van der Waals surface area contributed by atoms with Crippen molar-refractivity contribution in [2.75, 3.05) is 19.6 Å². The third kappa shape index (κ3) is 7.19. The number of rotatable bonds is 7. The fourth-order valence-corrected chi connectivity index (χ4v) is 1.30. The molecule has 0 bridgehead atoms. The fraction of sp³-hybridized carbons (Fsp3) is 0.800. The average molecular weight is 237 g/mol. The van der Waals surface area contributed by atoms with Crippen molar-refractivity contribution in [2.45, 2.75) is 26.2 Å². The van der Waals surface area contributed by atoms with Crippen LogP contribution in [0.2, 0.25) is 0 Å². The first-order chi connectivity index (χ1) is 7.13. The molecule has 0 fully saturated rings. The van der Waals surface area contributed by atoms with Gasteiger partial charge in [-0.25, -0.2) is 0 Å². The van der Waals surface area contributed by atoms with E-state index in [2.05, 4.69) is 4.74 Å². The second-order valence-electron chi connectivity index (χ2n) is 3.25. The minimum atomic E-state index is -0.456. The van der Waals surface area contributed by atoms with Gasteiger partial charge >= 0.3 is 11.9 Å². The first kappa shape index (κ1) is 14.2. The number of ether oxygens (including phenoxy) is 2. The minimum absolute atomic E-state index is 0.0228. The molecule has 0 heterocycles. The highest BCUT2D eigenvalue weighted by molar-refractivity contribution is 6.26. The molecular weight excluding hydrogens is 220 g/mol. The summed E-state index contributed by atoms with van der Waals surface area (Å²) in [5.41, 5.74) is 0. The molecule has 0 radical (unpaired) electrons. The summed E-state index contributed by atoms with van der Waals surface area (Å²) in [5, 5.41) is 0. The molecule has 0 aromatic rings. The van der Waals surface area contributed by atoms with E-state index in [-0.39, 0.29) is 30.8 Å². The van der Waals surface area contributed by atoms with Crippen molar-refractivity contribution in [1.82, 2.24) is 0 Å². The maximum atomic E-state index is 11.0. The van der Waals surface area contributed by atoms with E-state index in [0.717, 1.165) is 12.8 Å². The van der Waals surface area contributed by atoms with Crippen LogP contribution in [0.1, 0.15) is 26.2 Å². The first-order valence-electron chi connectivity index (χ1n) is 4.92. The highest BCUT2D eigenvalue weighted by atomic mass is 35.5. The smallest absolute Gasteiger partial charge is 0.320 e. The lowest BCUT2D eigenvalue weighted by Gasteiger charge is -2.14. The van der Waals surface area contributed by atoms with Crippen molar-refractivity contribution in [3.63, 3.8) is 0 Å². The second-order valence-corrected chi connectivity index (χ2v) is 3.52. The molecule has 0 aromatic heterocycles. The summed E-state index contributed by atoms with van der Waals surface area (Å²) in [6.45, 7) is 2.24. The van der Waals surface area contributed by atoms with Gasteiger partial charge in [0.1, 0.15) is 5.88 Å². The number of alkyl halides is 1. The number of carbonyl (C=O) groups excluding carboxylic acids is 2. The van der Waals surface area contributed by atoms with Gasteiger partial charge in [0.25, 0.3) is 0 Å². The molecule has 0 rings (SSSR count). The SMILES string of the molecule is CCCC(COC(=O)CCl)CC(=O)OC. The molecule has 0 aromatic carbocycles. The number of hydrogen-bond acceptors (Lipinski definition) is 4. The van der Waals surface area contributed by atoms with Gasteiger partial charge in [0.05, 0.1) is 20.1 Å². The van der Waals surface area contributed by atoms with Crippen molar-refractivity contribution in [2.24, 2.45) is 5.92 Å². The quantitative estimate of drug-likeness (QED) is 0.499. The van der Waals surface area contributed by atoms with E-state index in [1.807, 2.05) is 6.92 Å². The van der Waals surface area contributed by atoms with Gasteiger partial charge < -0.3 is 9.47 Å². The molecule has 0 aliphatic heterocycles. The maximum absolute atomic E-state index is 11.0. The molecule has 1 unspecified atom stereocenters. The van der Waals surface area contributed by atoms with E-state index in [4.69, 9.17) is 16.3 Å². The van der Waals surface area contributed by atoms with E-state index in [0.29, 0.717) is 0 Å². The van der Waals surface area contributed by atoms with Gasteiger partial charge in [0.15, 0.2) is 0 Å². The molecule has 5 heteroatoms. The second kappa shape index (κ2) is 8.53. The number of halogens is 1. The fourth-order valence-electron chi connectivity index (χ4n) is 1.22. The average Bonchev–Trinajstić information content (AvgIpc) is 2.25. The molecule has 4 nitrogen and oxygen atoms in total. The number of carbonyl (C=O) groups is 2. The minimum Gasteiger partial charge on any atom is -0.469 e. The molecule has 15 heavy (non-hydrogen) atoms. The van der Waals surface area contributed by atoms with Crippen LogP contribution in [-0.2, 0) is 19.1 Å². The zero-order valence-electron chi connectivity index (χ0n) is 9.12. The molecule has 0 aliphatic rings. The summed E-state index contributed by atoms with van der Waals surface area (Å²) in [6, 6.07) is 0. The molecule has 0 spiro atoms. The van der Waals surface area contributed by atoms with Gasteiger partial charge in [-0.3, -0.25) is 9.59 Å². The normalized spacial score (nSPS) is 11.9. The van der Waals surface area contributed by atoms with Crippen LogP contribution in [0.25, 0.3) is 0 Å². The van der Waals surface area contributed by atoms with Crippen molar-refractivity contribution in [3.05, 3.63) is 0 Å². The van der Waals surface area contributed by atoms with Crippen molar-refractivity contribution >= 4 is 23.5 Å². The number of hydrogen-bond donors (Lipinski definition) is 0. The standard InChI is InChI=1S/C10H17ClO4/c1-3-4-8(5-9(12)14-2)7-15-10(13)6-11/h8H,3-7H2,1-2H3. The largest absolute Gasteiger partial charge is 0.469 e. The van der Waals surface area contributed by atoms with Crippen LogP contribution in [0.3, 0.4) is 0 Å². The molecule has 0 saturated heterocycles. The van der Waals surface area contributed by atoms with Crippen LogP contribution in [0.4, 0.5) is 0 Å². The molecule has 88 valence electrons. The van der Waals surface area contributed by atoms with E-state index in [1.54, 1.807) is 0 Å². The maximum Gasteiger partial charge on any atom is 0.320 e. The zero-order chi connectivity index (χ0) is 11.7. The molecule has 1 atom stereocenters. The van der Waals surface area contributed by atoms with Gasteiger partial charge in [-0.2, -0.15) is 0 Å². The van der Waals surface area contributed by atoms with Crippen LogP contribution in [-0.4, -0.2) is 31.5 Å². The summed E-state index contributed by atoms with van der Waals surface area (Å²) in [4.78, 5) is 21.8. The lowest BCUT2D eigenvalue weighted by molar-refractivity contribution is -0.147. The summed E-state index contributed by atoms with van der Waals surface area (Å²) < 4.78 is 9.43. The Balaban J connectivity index is 3.92. The lowest BCUT2D eigenvalue weighted by Crippen LogP contribution is -2.18. The van der Waals surface area contributed by atoms with Gasteiger partial charge in [-0.05, 0) is 6.42 Å². The molecule has 0 saturated carbocycles. The summed E-state index contributed by atoms with van der Waals surface area (Å²) >= 11 is 5.28. The predicted molar refractivity (Wildman–Crippen MR) is 56.7 cm³/mol. The summed E-state index contributed by atoms with van der Waals surface area (Å²) in [6.07, 6.45) is 2.03. The van der Waals surface area contributed by atoms with Gasteiger partial charge in [-0.15, -0.1) is 11.6 Å². The Morgan fingerprint density at radius 2 is 2.00 bits per heavy atom. The van der Waals surface area contributed by atoms with Crippen molar-refractivity contribution in [3.8, 4) is 0 Å². The third-order valence-electron chi connectivity index (χ3n) is 1.97. The monoisotopic (exact) mass is 236 g/mol. The lowest BCUT2D eigenvalue weighted by atomic mass is 10.0. The molecule has 0 N–H and O–H groups in total. The number of methoxy groups -OCH3 is 1. The third-order valence-corrected chi connectivity index (χ3v) is 2.19. The number of esters is 2. The molecule has 0 amide bonds. The highest BCUT2D eigenvalue weighted by Crippen LogP contribution is 2.12. The summed E-state index contributed by atoms with van der Waals surface area (Å²) in [5.74, 6) is -0.871. The van der Waals surface area contributed by atoms with Gasteiger partial charge in [0, 0.05) is 5.92 Å². The molecular formula is C10H17ClO4. The van der Waals surface area contributed by atoms with E-state index >= 15 is 0 Å². The Kier molecular flexibility index (Phi) is 8.09. The Morgan fingerprint density at radius 1 is 1.33 bits per heavy atom. The predicted octanol–water partition coefficient (Wildman–Crippen LogP) is 1.75. The highest BCUT2D eigenvalue weighted by Gasteiger charge is 2.15. The van der Waals surface area contributed by atoms with Gasteiger partial charge in [-0.1, -0.05) is 13.3 Å².